The lowest BCUT2D eigenvalue weighted by Crippen LogP contribution is -2.50. The van der Waals surface area contributed by atoms with E-state index in [0.717, 1.165) is 11.3 Å². The van der Waals surface area contributed by atoms with Gasteiger partial charge in [-0.2, -0.15) is 0 Å². The molecule has 0 bridgehead atoms. The molecule has 2 aromatic carbocycles. The van der Waals surface area contributed by atoms with E-state index in [4.69, 9.17) is 16.3 Å². The molecular weight excluding hydrogens is 366 g/mol. The van der Waals surface area contributed by atoms with Gasteiger partial charge in [-0.05, 0) is 30.7 Å². The smallest absolute Gasteiger partial charge is 0.262 e. The number of amides is 2. The maximum Gasteiger partial charge on any atom is 0.262 e. The molecule has 27 heavy (non-hydrogen) atoms. The third-order valence-corrected chi connectivity index (χ3v) is 4.83. The first kappa shape index (κ1) is 19.0. The van der Waals surface area contributed by atoms with Crippen molar-refractivity contribution < 1.29 is 14.3 Å². The fraction of sp³-hybridized carbons (Fsp3) is 0.300. The summed E-state index contributed by atoms with van der Waals surface area (Å²) in [6.45, 7) is 2.30. The van der Waals surface area contributed by atoms with Gasteiger partial charge in [0, 0.05) is 12.1 Å². The summed E-state index contributed by atoms with van der Waals surface area (Å²) in [6, 6.07) is 14.6. The Hall–Kier alpha value is -2.73. The molecule has 2 atom stereocenters. The van der Waals surface area contributed by atoms with Crippen molar-refractivity contribution in [2.24, 2.45) is 0 Å². The molecule has 6 nitrogen and oxygen atoms in total. The number of anilines is 1. The fourth-order valence-electron chi connectivity index (χ4n) is 3.12. The van der Waals surface area contributed by atoms with Crippen molar-refractivity contribution in [2.45, 2.75) is 19.1 Å². The second-order valence-electron chi connectivity index (χ2n) is 6.38. The van der Waals surface area contributed by atoms with Gasteiger partial charge in [-0.25, -0.2) is 0 Å². The highest BCUT2D eigenvalue weighted by molar-refractivity contribution is 6.31. The highest BCUT2D eigenvalue weighted by Gasteiger charge is 2.31. The van der Waals surface area contributed by atoms with Crippen LogP contribution in [-0.2, 0) is 9.59 Å². The maximum absolute atomic E-state index is 12.6. The monoisotopic (exact) mass is 387 g/mol. The Morgan fingerprint density at radius 2 is 1.93 bits per heavy atom. The van der Waals surface area contributed by atoms with E-state index in [1.54, 1.807) is 19.2 Å². The Kier molecular flexibility index (Phi) is 5.86. The third kappa shape index (κ3) is 4.34. The number of ether oxygens (including phenoxy) is 1. The van der Waals surface area contributed by atoms with Gasteiger partial charge >= 0.3 is 0 Å². The molecule has 1 heterocycles. The van der Waals surface area contributed by atoms with Crippen molar-refractivity contribution in [2.75, 3.05) is 25.0 Å². The van der Waals surface area contributed by atoms with Crippen LogP contribution in [0.3, 0.4) is 0 Å². The zero-order valence-corrected chi connectivity index (χ0v) is 16.0. The van der Waals surface area contributed by atoms with Crippen LogP contribution < -0.4 is 20.3 Å². The predicted molar refractivity (Wildman–Crippen MR) is 105 cm³/mol. The van der Waals surface area contributed by atoms with E-state index in [0.29, 0.717) is 17.3 Å². The highest BCUT2D eigenvalue weighted by Crippen LogP contribution is 2.33. The molecule has 0 radical (unpaired) electrons. The topological polar surface area (TPSA) is 70.7 Å². The minimum atomic E-state index is -0.668. The quantitative estimate of drug-likeness (QED) is 0.827. The summed E-state index contributed by atoms with van der Waals surface area (Å²) >= 11 is 6.21. The van der Waals surface area contributed by atoms with Gasteiger partial charge in [0.05, 0.1) is 24.8 Å². The Labute approximate surface area is 163 Å². The Morgan fingerprint density at radius 1 is 1.22 bits per heavy atom. The second-order valence-corrected chi connectivity index (χ2v) is 6.79. The van der Waals surface area contributed by atoms with Crippen LogP contribution in [0.4, 0.5) is 5.69 Å². The average Bonchev–Trinajstić information content (AvgIpc) is 2.67. The molecule has 0 saturated heterocycles. The van der Waals surface area contributed by atoms with E-state index in [9.17, 15) is 9.59 Å². The van der Waals surface area contributed by atoms with E-state index in [2.05, 4.69) is 10.6 Å². The minimum Gasteiger partial charge on any atom is -0.477 e. The average molecular weight is 388 g/mol. The fourth-order valence-corrected chi connectivity index (χ4v) is 3.42. The molecule has 0 aliphatic carbocycles. The van der Waals surface area contributed by atoms with E-state index in [1.165, 1.54) is 0 Å². The van der Waals surface area contributed by atoms with E-state index in [1.807, 2.05) is 48.2 Å². The van der Waals surface area contributed by atoms with Crippen LogP contribution in [0.25, 0.3) is 0 Å². The number of hydrogen-bond acceptors (Lipinski definition) is 4. The lowest BCUT2D eigenvalue weighted by Gasteiger charge is -2.35. The van der Waals surface area contributed by atoms with Crippen molar-refractivity contribution in [3.8, 4) is 5.75 Å². The van der Waals surface area contributed by atoms with Gasteiger partial charge in [0.2, 0.25) is 5.91 Å². The SMILES string of the molecule is CNC(=O)[C@H]1CN(CC(=O)N[C@H](C)c2ccccc2Cl)c2ccccc2O1. The van der Waals surface area contributed by atoms with Crippen LogP contribution in [0.1, 0.15) is 18.5 Å². The Bertz CT molecular complexity index is 843. The molecule has 142 valence electrons. The number of para-hydroxylation sites is 2. The summed E-state index contributed by atoms with van der Waals surface area (Å²) in [7, 11) is 1.56. The first-order chi connectivity index (χ1) is 13.0. The van der Waals surface area contributed by atoms with Crippen LogP contribution in [-0.4, -0.2) is 38.1 Å². The molecule has 0 aromatic heterocycles. The van der Waals surface area contributed by atoms with Gasteiger partial charge in [-0.1, -0.05) is 41.9 Å². The summed E-state index contributed by atoms with van der Waals surface area (Å²) in [6.07, 6.45) is -0.668. The number of nitrogens with zero attached hydrogens (tertiary/aromatic N) is 1. The van der Waals surface area contributed by atoms with Gasteiger partial charge in [0.15, 0.2) is 6.10 Å². The molecular formula is C20H22ClN3O3. The van der Waals surface area contributed by atoms with Crippen molar-refractivity contribution in [3.63, 3.8) is 0 Å². The molecule has 2 aromatic rings. The molecule has 0 unspecified atom stereocenters. The first-order valence-corrected chi connectivity index (χ1v) is 9.13. The summed E-state index contributed by atoms with van der Waals surface area (Å²) in [5.41, 5.74) is 1.65. The van der Waals surface area contributed by atoms with Crippen LogP contribution in [0, 0.1) is 0 Å². The maximum atomic E-state index is 12.6. The van der Waals surface area contributed by atoms with E-state index < -0.39 is 6.10 Å². The van der Waals surface area contributed by atoms with E-state index >= 15 is 0 Å². The summed E-state index contributed by atoms with van der Waals surface area (Å²) in [5.74, 6) is 0.207. The van der Waals surface area contributed by atoms with Gasteiger partial charge in [-0.15, -0.1) is 0 Å². The van der Waals surface area contributed by atoms with E-state index in [-0.39, 0.29) is 24.4 Å². The zero-order chi connectivity index (χ0) is 19.4. The number of rotatable bonds is 5. The van der Waals surface area contributed by atoms with Crippen LogP contribution in [0.15, 0.2) is 48.5 Å². The van der Waals surface area contributed by atoms with Gasteiger partial charge < -0.3 is 20.3 Å². The van der Waals surface area contributed by atoms with Crippen molar-refractivity contribution >= 4 is 29.1 Å². The lowest BCUT2D eigenvalue weighted by molar-refractivity contribution is -0.127. The number of likely N-dealkylation sites (N-methyl/N-ethyl adjacent to an activating group) is 1. The number of halogens is 1. The number of benzene rings is 2. The molecule has 2 amide bonds. The lowest BCUT2D eigenvalue weighted by atomic mass is 10.1. The molecule has 2 N–H and O–H groups in total. The molecule has 7 heteroatoms. The van der Waals surface area contributed by atoms with Gasteiger partial charge in [0.1, 0.15) is 5.75 Å². The standard InChI is InChI=1S/C20H22ClN3O3/c1-13(14-7-3-4-8-15(14)21)23-19(25)12-24-11-18(20(26)22-2)27-17-10-6-5-9-16(17)24/h3-10,13,18H,11-12H2,1-2H3,(H,22,26)(H,23,25)/t13-,18-/m1/s1. The predicted octanol–water partition coefficient (Wildman–Crippen LogP) is 2.53. The van der Waals surface area contributed by atoms with Gasteiger partial charge in [-0.3, -0.25) is 9.59 Å². The summed E-state index contributed by atoms with van der Waals surface area (Å²) < 4.78 is 5.76. The summed E-state index contributed by atoms with van der Waals surface area (Å²) in [4.78, 5) is 26.5. The molecule has 0 fully saturated rings. The zero-order valence-electron chi connectivity index (χ0n) is 15.2. The molecule has 1 aliphatic heterocycles. The Balaban J connectivity index is 1.72. The normalized spacial score (nSPS) is 16.7. The number of nitrogens with one attached hydrogen (secondary N) is 2. The number of fused-ring (bicyclic) bond motifs is 1. The minimum absolute atomic E-state index is 0.114. The van der Waals surface area contributed by atoms with Crippen molar-refractivity contribution in [1.82, 2.24) is 10.6 Å². The largest absolute Gasteiger partial charge is 0.477 e. The highest BCUT2D eigenvalue weighted by atomic mass is 35.5. The van der Waals surface area contributed by atoms with Crippen LogP contribution >= 0.6 is 11.6 Å². The number of carbonyl (C=O) groups is 2. The second kappa shape index (κ2) is 8.31. The number of hydrogen-bond donors (Lipinski definition) is 2. The molecule has 0 spiro atoms. The third-order valence-electron chi connectivity index (χ3n) is 4.48. The molecule has 0 saturated carbocycles. The van der Waals surface area contributed by atoms with Crippen molar-refractivity contribution in [3.05, 3.63) is 59.1 Å². The molecule has 3 rings (SSSR count). The van der Waals surface area contributed by atoms with Crippen LogP contribution in [0.2, 0.25) is 5.02 Å². The van der Waals surface area contributed by atoms with Crippen molar-refractivity contribution in [1.29, 1.82) is 0 Å². The van der Waals surface area contributed by atoms with Gasteiger partial charge in [0.25, 0.3) is 5.91 Å². The number of carbonyl (C=O) groups excluding carboxylic acids is 2. The first-order valence-electron chi connectivity index (χ1n) is 8.75. The van der Waals surface area contributed by atoms with Crippen LogP contribution in [0.5, 0.6) is 5.75 Å². The summed E-state index contributed by atoms with van der Waals surface area (Å²) in [5, 5.41) is 6.17. The Morgan fingerprint density at radius 3 is 2.67 bits per heavy atom. The molecule has 1 aliphatic rings.